The van der Waals surface area contributed by atoms with E-state index in [9.17, 15) is 33.6 Å². The minimum absolute atomic E-state index is 0.0163. The monoisotopic (exact) mass is 809 g/mol. The van der Waals surface area contributed by atoms with Gasteiger partial charge in [-0.2, -0.15) is 0 Å². The van der Waals surface area contributed by atoms with Gasteiger partial charge in [0.15, 0.2) is 0 Å². The maximum absolute atomic E-state index is 13.2. The molecule has 0 aromatic rings. The van der Waals surface area contributed by atoms with Crippen LogP contribution in [-0.4, -0.2) is 94.1 Å². The van der Waals surface area contributed by atoms with Crippen molar-refractivity contribution in [3.8, 4) is 0 Å². The van der Waals surface area contributed by atoms with Gasteiger partial charge in [0, 0.05) is 64.0 Å². The number of nitrogens with zero attached hydrogens (tertiary/aromatic N) is 3. The van der Waals surface area contributed by atoms with Gasteiger partial charge in [-0.15, -0.1) is 5.06 Å². The molecule has 0 aliphatic carbocycles. The molecule has 16 nitrogen and oxygen atoms in total. The van der Waals surface area contributed by atoms with Crippen molar-refractivity contribution in [3.63, 3.8) is 0 Å². The number of nitrogens with one attached hydrogen (secondary N) is 3. The Bertz CT molecular complexity index is 1290. The SMILES string of the molecule is C=C(C)N(CCCNNC(=O)CCCCCCCCCCCCCC(=O)OC(C)(C)C)N(CCCNC(=O)CCC(=O)ON1C(=O)CCC1=O)C(=O)OC(C)(C)C. The summed E-state index contributed by atoms with van der Waals surface area (Å²) in [6.45, 7) is 18.1. The first-order chi connectivity index (χ1) is 26.8. The zero-order chi connectivity index (χ0) is 42.9. The molecule has 1 fully saturated rings. The van der Waals surface area contributed by atoms with E-state index in [1.807, 2.05) is 20.8 Å². The third kappa shape index (κ3) is 25.6. The van der Waals surface area contributed by atoms with Crippen LogP contribution >= 0.6 is 0 Å². The first-order valence-electron chi connectivity index (χ1n) is 20.8. The predicted molar refractivity (Wildman–Crippen MR) is 215 cm³/mol. The molecular weight excluding hydrogens is 736 g/mol. The highest BCUT2D eigenvalue weighted by atomic mass is 16.7. The van der Waals surface area contributed by atoms with E-state index < -0.39 is 41.0 Å². The zero-order valence-electron chi connectivity index (χ0n) is 35.9. The average molecular weight is 809 g/mol. The number of hydrogen-bond donors (Lipinski definition) is 3. The molecule has 0 spiro atoms. The van der Waals surface area contributed by atoms with Gasteiger partial charge in [-0.05, 0) is 74.1 Å². The van der Waals surface area contributed by atoms with Crippen molar-refractivity contribution in [2.45, 2.75) is 182 Å². The lowest BCUT2D eigenvalue weighted by atomic mass is 10.0. The van der Waals surface area contributed by atoms with Crippen molar-refractivity contribution >= 4 is 41.7 Å². The first-order valence-corrected chi connectivity index (χ1v) is 20.8. The molecule has 3 N–H and O–H groups in total. The van der Waals surface area contributed by atoms with Crippen molar-refractivity contribution in [1.29, 1.82) is 0 Å². The highest BCUT2D eigenvalue weighted by Gasteiger charge is 2.33. The van der Waals surface area contributed by atoms with Gasteiger partial charge in [0.25, 0.3) is 11.8 Å². The maximum atomic E-state index is 13.2. The molecule has 326 valence electrons. The zero-order valence-corrected chi connectivity index (χ0v) is 35.9. The number of hydrogen-bond acceptors (Lipinski definition) is 12. The largest absolute Gasteiger partial charge is 0.460 e. The predicted octanol–water partition coefficient (Wildman–Crippen LogP) is 6.29. The number of carbonyl (C=O) groups excluding carboxylic acids is 7. The number of rotatable bonds is 29. The molecule has 0 radical (unpaired) electrons. The lowest BCUT2D eigenvalue weighted by Gasteiger charge is -2.37. The Labute approximate surface area is 340 Å². The normalized spacial score (nSPS) is 12.9. The Morgan fingerprint density at radius 3 is 1.63 bits per heavy atom. The lowest BCUT2D eigenvalue weighted by Crippen LogP contribution is -2.49. The van der Waals surface area contributed by atoms with Crippen molar-refractivity contribution < 1.29 is 47.9 Å². The Morgan fingerprint density at radius 2 is 1.11 bits per heavy atom. The average Bonchev–Trinajstić information content (AvgIpc) is 3.41. The number of ether oxygens (including phenoxy) is 2. The summed E-state index contributed by atoms with van der Waals surface area (Å²) < 4.78 is 11.0. The van der Waals surface area contributed by atoms with E-state index in [1.54, 1.807) is 32.7 Å². The number of imide groups is 1. The number of unbranched alkanes of at least 4 members (excludes halogenated alkanes) is 10. The minimum Gasteiger partial charge on any atom is -0.460 e. The van der Waals surface area contributed by atoms with Gasteiger partial charge in [-0.3, -0.25) is 34.4 Å². The summed E-state index contributed by atoms with van der Waals surface area (Å²) in [5.74, 6) is -2.64. The Hall–Kier alpha value is -4.21. The van der Waals surface area contributed by atoms with E-state index in [0.717, 1.165) is 38.5 Å². The maximum Gasteiger partial charge on any atom is 0.429 e. The molecule has 1 aliphatic rings. The quantitative estimate of drug-likeness (QED) is 0.0332. The van der Waals surface area contributed by atoms with E-state index in [-0.39, 0.29) is 50.6 Å². The molecule has 57 heavy (non-hydrogen) atoms. The smallest absolute Gasteiger partial charge is 0.429 e. The third-order valence-corrected chi connectivity index (χ3v) is 8.56. The van der Waals surface area contributed by atoms with Crippen LogP contribution in [-0.2, 0) is 43.1 Å². The van der Waals surface area contributed by atoms with Crippen molar-refractivity contribution in [1.82, 2.24) is 31.2 Å². The Kier molecular flexibility index (Phi) is 24.5. The Balaban J connectivity index is 2.28. The molecule has 1 rings (SSSR count). The van der Waals surface area contributed by atoms with Gasteiger partial charge in [0.1, 0.15) is 11.2 Å². The molecule has 0 bridgehead atoms. The number of hydroxylamine groups is 2. The number of amides is 5. The van der Waals surface area contributed by atoms with Gasteiger partial charge in [0.05, 0.1) is 6.42 Å². The van der Waals surface area contributed by atoms with Gasteiger partial charge in [-0.25, -0.2) is 20.0 Å². The Morgan fingerprint density at radius 1 is 0.614 bits per heavy atom. The second kappa shape index (κ2) is 27.4. The summed E-state index contributed by atoms with van der Waals surface area (Å²) in [6, 6.07) is 0. The lowest BCUT2D eigenvalue weighted by molar-refractivity contribution is -0.197. The molecule has 1 saturated heterocycles. The third-order valence-electron chi connectivity index (χ3n) is 8.56. The van der Waals surface area contributed by atoms with Crippen LogP contribution in [0.2, 0.25) is 0 Å². The van der Waals surface area contributed by atoms with Crippen molar-refractivity contribution in [2.24, 2.45) is 0 Å². The number of hydrazine groups is 2. The summed E-state index contributed by atoms with van der Waals surface area (Å²) >= 11 is 0. The number of allylic oxidation sites excluding steroid dienone is 1. The molecule has 1 heterocycles. The first kappa shape index (κ1) is 50.8. The molecule has 1 aliphatic heterocycles. The summed E-state index contributed by atoms with van der Waals surface area (Å²) in [5, 5.41) is 6.30. The standard InChI is InChI=1S/C41H72N6O10/c1-32(2)45(30-21-29-43-44-34(49)22-18-16-14-12-10-9-11-13-15-17-19-23-37(52)55-40(3,4)5)46(39(54)56-41(6,7)8)31-20-28-42-33(48)24-27-38(53)57-47-35(50)25-26-36(47)51/h43H,1,9-31H2,2-8H3,(H,42,48)(H,44,49). The van der Waals surface area contributed by atoms with Gasteiger partial charge >= 0.3 is 18.0 Å². The topological polar surface area (TPSA) is 193 Å². The van der Waals surface area contributed by atoms with Crippen LogP contribution in [0.15, 0.2) is 12.3 Å². The van der Waals surface area contributed by atoms with Crippen LogP contribution in [0.5, 0.6) is 0 Å². The summed E-state index contributed by atoms with van der Waals surface area (Å²) in [5.41, 5.74) is 5.17. The van der Waals surface area contributed by atoms with Gasteiger partial charge < -0.3 is 19.6 Å². The van der Waals surface area contributed by atoms with Gasteiger partial charge in [-0.1, -0.05) is 64.4 Å². The van der Waals surface area contributed by atoms with Gasteiger partial charge in [0.2, 0.25) is 11.8 Å². The van der Waals surface area contributed by atoms with Crippen LogP contribution in [0.1, 0.15) is 170 Å². The molecule has 0 saturated carbocycles. The molecule has 16 heteroatoms. The van der Waals surface area contributed by atoms with Crippen LogP contribution in [0.25, 0.3) is 0 Å². The van der Waals surface area contributed by atoms with E-state index in [4.69, 9.17) is 14.3 Å². The number of carbonyl (C=O) groups is 7. The molecule has 5 amide bonds. The minimum atomic E-state index is -0.859. The van der Waals surface area contributed by atoms with Crippen LogP contribution in [0.4, 0.5) is 4.79 Å². The van der Waals surface area contributed by atoms with Crippen LogP contribution < -0.4 is 16.2 Å². The molecular formula is C41H72N6O10. The fourth-order valence-electron chi connectivity index (χ4n) is 5.79. The van der Waals surface area contributed by atoms with E-state index in [0.29, 0.717) is 49.5 Å². The fourth-order valence-corrected chi connectivity index (χ4v) is 5.79. The van der Waals surface area contributed by atoms with Crippen molar-refractivity contribution in [3.05, 3.63) is 12.3 Å². The molecule has 0 atom stereocenters. The molecule has 0 aromatic heterocycles. The van der Waals surface area contributed by atoms with E-state index >= 15 is 0 Å². The number of esters is 1. The fraction of sp³-hybridized carbons (Fsp3) is 0.780. The second-order valence-electron chi connectivity index (χ2n) is 16.5. The molecule has 0 aromatic carbocycles. The van der Waals surface area contributed by atoms with Crippen LogP contribution in [0.3, 0.4) is 0 Å². The van der Waals surface area contributed by atoms with E-state index in [2.05, 4.69) is 22.7 Å². The summed E-state index contributed by atoms with van der Waals surface area (Å²) in [6.07, 6.45) is 12.8. The second-order valence-corrected chi connectivity index (χ2v) is 16.5. The van der Waals surface area contributed by atoms with Crippen LogP contribution in [0, 0.1) is 0 Å². The highest BCUT2D eigenvalue weighted by Crippen LogP contribution is 2.17. The summed E-state index contributed by atoms with van der Waals surface area (Å²) in [4.78, 5) is 89.7. The van der Waals surface area contributed by atoms with Crippen molar-refractivity contribution in [2.75, 3.05) is 26.2 Å². The molecule has 0 unspecified atom stereocenters. The van der Waals surface area contributed by atoms with E-state index in [1.165, 1.54) is 37.1 Å². The summed E-state index contributed by atoms with van der Waals surface area (Å²) in [7, 11) is 0. The highest BCUT2D eigenvalue weighted by molar-refractivity contribution is 6.01.